The number of anilines is 1. The number of rotatable bonds is 5. The minimum Gasteiger partial charge on any atom is -0.325 e. The first-order chi connectivity index (χ1) is 14.4. The molecule has 0 bridgehead atoms. The summed E-state index contributed by atoms with van der Waals surface area (Å²) in [6.07, 6.45) is -10.0. The molecule has 0 aliphatic heterocycles. The number of nitrogens with zero attached hydrogens (tertiary/aromatic N) is 4. The van der Waals surface area contributed by atoms with Crippen molar-refractivity contribution in [2.45, 2.75) is 24.4 Å². The van der Waals surface area contributed by atoms with Crippen LogP contribution in [0.1, 0.15) is 16.7 Å². The molecule has 0 saturated heterocycles. The van der Waals surface area contributed by atoms with E-state index in [1.165, 1.54) is 4.68 Å². The van der Waals surface area contributed by atoms with E-state index in [9.17, 15) is 31.1 Å². The van der Waals surface area contributed by atoms with Gasteiger partial charge in [0.2, 0.25) is 11.1 Å². The van der Waals surface area contributed by atoms with Gasteiger partial charge in [0.05, 0.1) is 22.6 Å². The number of aryl methyl sites for hydroxylation is 1. The van der Waals surface area contributed by atoms with E-state index in [0.29, 0.717) is 17.8 Å². The standard InChI is InChI=1S/C18H13F6N5OS/c1-10-2-4-14(5-3-10)29-16(26-27-28-29)31-9-15(30)25-13-7-11(17(19,20)21)6-12(8-13)18(22,23)24/h2-8H,9H2,1H3,(H,25,30). The average molecular weight is 461 g/mol. The lowest BCUT2D eigenvalue weighted by Crippen LogP contribution is -2.17. The molecule has 0 aliphatic rings. The fourth-order valence-electron chi connectivity index (χ4n) is 2.47. The van der Waals surface area contributed by atoms with Crippen LogP contribution in [-0.4, -0.2) is 31.9 Å². The fourth-order valence-corrected chi connectivity index (χ4v) is 3.16. The highest BCUT2D eigenvalue weighted by atomic mass is 32.2. The Morgan fingerprint density at radius 2 is 1.58 bits per heavy atom. The van der Waals surface area contributed by atoms with Crippen molar-refractivity contribution in [1.82, 2.24) is 20.2 Å². The van der Waals surface area contributed by atoms with Crippen molar-refractivity contribution in [2.24, 2.45) is 0 Å². The molecular formula is C18H13F6N5OS. The van der Waals surface area contributed by atoms with E-state index >= 15 is 0 Å². The van der Waals surface area contributed by atoms with Gasteiger partial charge in [0, 0.05) is 5.69 Å². The molecule has 3 aromatic rings. The summed E-state index contributed by atoms with van der Waals surface area (Å²) in [5.74, 6) is -1.17. The number of hydrogen-bond donors (Lipinski definition) is 1. The molecule has 0 aliphatic carbocycles. The molecular weight excluding hydrogens is 448 g/mol. The third kappa shape index (κ3) is 5.75. The summed E-state index contributed by atoms with van der Waals surface area (Å²) in [7, 11) is 0. The lowest BCUT2D eigenvalue weighted by Gasteiger charge is -2.14. The largest absolute Gasteiger partial charge is 0.416 e. The minimum absolute atomic E-state index is 0.0138. The highest BCUT2D eigenvalue weighted by Crippen LogP contribution is 2.37. The summed E-state index contributed by atoms with van der Waals surface area (Å²) < 4.78 is 78.9. The number of alkyl halides is 6. The van der Waals surface area contributed by atoms with Gasteiger partial charge >= 0.3 is 12.4 Å². The molecule has 31 heavy (non-hydrogen) atoms. The molecule has 1 N–H and O–H groups in total. The Kier molecular flexibility index (Phi) is 6.25. The summed E-state index contributed by atoms with van der Waals surface area (Å²) in [4.78, 5) is 12.1. The second-order valence-corrected chi connectivity index (χ2v) is 7.28. The van der Waals surface area contributed by atoms with E-state index in [2.05, 4.69) is 20.8 Å². The second-order valence-electron chi connectivity index (χ2n) is 6.34. The fraction of sp³-hybridized carbons (Fsp3) is 0.222. The van der Waals surface area contributed by atoms with Gasteiger partial charge in [-0.3, -0.25) is 4.79 Å². The molecule has 1 amide bonds. The van der Waals surface area contributed by atoms with Crippen LogP contribution >= 0.6 is 11.8 Å². The average Bonchev–Trinajstić information content (AvgIpc) is 3.14. The summed E-state index contributed by atoms with van der Waals surface area (Å²) in [5.41, 5.74) is -2.04. The summed E-state index contributed by atoms with van der Waals surface area (Å²) >= 11 is 0.870. The Balaban J connectivity index is 1.74. The minimum atomic E-state index is -5.01. The van der Waals surface area contributed by atoms with Crippen LogP contribution in [0.15, 0.2) is 47.6 Å². The van der Waals surface area contributed by atoms with E-state index in [4.69, 9.17) is 0 Å². The Morgan fingerprint density at radius 1 is 1.00 bits per heavy atom. The van der Waals surface area contributed by atoms with Gasteiger partial charge in [0.25, 0.3) is 0 Å². The Hall–Kier alpha value is -3.09. The van der Waals surface area contributed by atoms with Gasteiger partial charge in [0.15, 0.2) is 0 Å². The van der Waals surface area contributed by atoms with Gasteiger partial charge in [-0.25, -0.2) is 0 Å². The van der Waals surface area contributed by atoms with Gasteiger partial charge in [-0.05, 0) is 47.7 Å². The van der Waals surface area contributed by atoms with Crippen LogP contribution in [0.3, 0.4) is 0 Å². The summed E-state index contributed by atoms with van der Waals surface area (Å²) in [6, 6.07) is 8.00. The highest BCUT2D eigenvalue weighted by Gasteiger charge is 2.37. The number of carbonyl (C=O) groups is 1. The van der Waals surface area contributed by atoms with E-state index in [0.717, 1.165) is 17.3 Å². The van der Waals surface area contributed by atoms with Crippen LogP contribution in [0.2, 0.25) is 0 Å². The number of amides is 1. The van der Waals surface area contributed by atoms with Crippen LogP contribution in [-0.2, 0) is 17.1 Å². The molecule has 1 aromatic heterocycles. The molecule has 13 heteroatoms. The van der Waals surface area contributed by atoms with E-state index in [1.807, 2.05) is 19.1 Å². The van der Waals surface area contributed by atoms with Gasteiger partial charge in [-0.2, -0.15) is 31.0 Å². The van der Waals surface area contributed by atoms with Crippen molar-refractivity contribution >= 4 is 23.4 Å². The van der Waals surface area contributed by atoms with E-state index in [1.54, 1.807) is 12.1 Å². The SMILES string of the molecule is Cc1ccc(-n2nnnc2SCC(=O)Nc2cc(C(F)(F)F)cc(C(F)(F)F)c2)cc1. The first-order valence-electron chi connectivity index (χ1n) is 8.51. The number of halogens is 6. The number of tetrazole rings is 1. The lowest BCUT2D eigenvalue weighted by molar-refractivity contribution is -0.143. The van der Waals surface area contributed by atoms with Crippen LogP contribution < -0.4 is 5.32 Å². The molecule has 3 rings (SSSR count). The number of carbonyl (C=O) groups excluding carboxylic acids is 1. The number of benzene rings is 2. The zero-order chi connectivity index (χ0) is 22.8. The normalized spacial score (nSPS) is 12.1. The topological polar surface area (TPSA) is 72.7 Å². The van der Waals surface area contributed by atoms with E-state index in [-0.39, 0.29) is 17.0 Å². The highest BCUT2D eigenvalue weighted by molar-refractivity contribution is 7.99. The van der Waals surface area contributed by atoms with Crippen molar-refractivity contribution in [2.75, 3.05) is 11.1 Å². The van der Waals surface area contributed by atoms with Crippen LogP contribution in [0.5, 0.6) is 0 Å². The predicted octanol–water partition coefficient (Wildman–Crippen LogP) is 4.74. The predicted molar refractivity (Wildman–Crippen MR) is 99.7 cm³/mol. The Morgan fingerprint density at radius 3 is 2.13 bits per heavy atom. The summed E-state index contributed by atoms with van der Waals surface area (Å²) in [6.45, 7) is 1.89. The molecule has 0 saturated carbocycles. The molecule has 6 nitrogen and oxygen atoms in total. The van der Waals surface area contributed by atoms with Crippen LogP contribution in [0.4, 0.5) is 32.0 Å². The molecule has 0 fully saturated rings. The monoisotopic (exact) mass is 461 g/mol. The quantitative estimate of drug-likeness (QED) is 0.439. The zero-order valence-electron chi connectivity index (χ0n) is 15.6. The molecule has 0 atom stereocenters. The first-order valence-corrected chi connectivity index (χ1v) is 9.49. The van der Waals surface area contributed by atoms with Gasteiger partial charge in [0.1, 0.15) is 0 Å². The Bertz CT molecular complexity index is 1050. The third-order valence-corrected chi connectivity index (χ3v) is 4.84. The maximum atomic E-state index is 12.9. The van der Waals surface area contributed by atoms with Crippen molar-refractivity contribution < 1.29 is 31.1 Å². The molecule has 2 aromatic carbocycles. The van der Waals surface area contributed by atoms with E-state index < -0.39 is 35.1 Å². The third-order valence-electron chi connectivity index (χ3n) is 3.92. The number of nitrogens with one attached hydrogen (secondary N) is 1. The van der Waals surface area contributed by atoms with Crippen LogP contribution in [0.25, 0.3) is 5.69 Å². The molecule has 0 unspecified atom stereocenters. The van der Waals surface area contributed by atoms with Crippen molar-refractivity contribution in [3.8, 4) is 5.69 Å². The smallest absolute Gasteiger partial charge is 0.325 e. The van der Waals surface area contributed by atoms with Gasteiger partial charge in [-0.15, -0.1) is 5.10 Å². The van der Waals surface area contributed by atoms with Crippen molar-refractivity contribution in [3.63, 3.8) is 0 Å². The second kappa shape index (κ2) is 8.57. The molecule has 0 radical (unpaired) electrons. The van der Waals surface area contributed by atoms with Crippen molar-refractivity contribution in [1.29, 1.82) is 0 Å². The summed E-state index contributed by atoms with van der Waals surface area (Å²) in [5, 5.41) is 13.4. The maximum Gasteiger partial charge on any atom is 0.416 e. The Labute approximate surface area is 175 Å². The maximum absolute atomic E-state index is 12.9. The molecule has 1 heterocycles. The molecule has 164 valence electrons. The zero-order valence-corrected chi connectivity index (χ0v) is 16.4. The first kappa shape index (κ1) is 22.6. The van der Waals surface area contributed by atoms with Gasteiger partial charge in [-0.1, -0.05) is 29.5 Å². The number of aromatic nitrogens is 4. The molecule has 0 spiro atoms. The van der Waals surface area contributed by atoms with Crippen LogP contribution in [0, 0.1) is 6.92 Å². The number of hydrogen-bond acceptors (Lipinski definition) is 5. The lowest BCUT2D eigenvalue weighted by atomic mass is 10.1. The van der Waals surface area contributed by atoms with Crippen molar-refractivity contribution in [3.05, 3.63) is 59.2 Å². The van der Waals surface area contributed by atoms with Gasteiger partial charge < -0.3 is 5.32 Å². The number of thioether (sulfide) groups is 1.